The third kappa shape index (κ3) is 2.64. The largest absolute Gasteiger partial charge is 0.497 e. The Morgan fingerprint density at radius 1 is 1.32 bits per heavy atom. The summed E-state index contributed by atoms with van der Waals surface area (Å²) in [6.45, 7) is 0. The first-order chi connectivity index (χ1) is 10.6. The number of amides is 1. The number of nitrogens with one attached hydrogen (secondary N) is 2. The molecule has 1 aliphatic carbocycles. The molecule has 116 valence electrons. The van der Waals surface area contributed by atoms with Crippen LogP contribution in [0.2, 0.25) is 0 Å². The number of hydrogen-bond donors (Lipinski definition) is 3. The topological polar surface area (TPSA) is 91.4 Å². The average molecular weight is 302 g/mol. The molecule has 1 saturated carbocycles. The van der Waals surface area contributed by atoms with Gasteiger partial charge in [0.15, 0.2) is 0 Å². The minimum atomic E-state index is -0.843. The fraction of sp³-hybridized carbons (Fsp3) is 0.375. The highest BCUT2D eigenvalue weighted by Gasteiger charge is 2.34. The molecule has 1 aromatic carbocycles. The number of rotatable bonds is 4. The lowest BCUT2D eigenvalue weighted by Gasteiger charge is -2.16. The Bertz CT molecular complexity index is 722. The average Bonchev–Trinajstić information content (AvgIpc) is 3.12. The summed E-state index contributed by atoms with van der Waals surface area (Å²) < 4.78 is 5.16. The van der Waals surface area contributed by atoms with E-state index in [1.807, 2.05) is 18.2 Å². The van der Waals surface area contributed by atoms with Crippen LogP contribution in [0.25, 0.3) is 10.9 Å². The van der Waals surface area contributed by atoms with Crippen molar-refractivity contribution in [2.45, 2.75) is 25.3 Å². The van der Waals surface area contributed by atoms with Gasteiger partial charge in [-0.1, -0.05) is 6.42 Å². The van der Waals surface area contributed by atoms with Gasteiger partial charge in [-0.05, 0) is 37.1 Å². The van der Waals surface area contributed by atoms with E-state index in [1.165, 1.54) is 0 Å². The van der Waals surface area contributed by atoms with Crippen LogP contribution in [-0.2, 0) is 4.79 Å². The summed E-state index contributed by atoms with van der Waals surface area (Å²) in [4.78, 5) is 26.5. The molecule has 1 aliphatic rings. The molecule has 1 amide bonds. The van der Waals surface area contributed by atoms with Crippen LogP contribution in [0.4, 0.5) is 0 Å². The summed E-state index contributed by atoms with van der Waals surface area (Å²) in [5.74, 6) is -0.883. The molecule has 3 N–H and O–H groups in total. The van der Waals surface area contributed by atoms with Crippen molar-refractivity contribution < 1.29 is 19.4 Å². The van der Waals surface area contributed by atoms with Crippen LogP contribution in [-0.4, -0.2) is 35.1 Å². The molecule has 2 atom stereocenters. The number of ether oxygens (including phenoxy) is 1. The molecule has 2 aromatic rings. The van der Waals surface area contributed by atoms with Crippen LogP contribution < -0.4 is 10.1 Å². The van der Waals surface area contributed by atoms with Crippen LogP contribution in [0.3, 0.4) is 0 Å². The van der Waals surface area contributed by atoms with Crippen LogP contribution in [0.5, 0.6) is 5.75 Å². The second kappa shape index (κ2) is 5.71. The first-order valence-corrected chi connectivity index (χ1v) is 7.29. The Kier molecular flexibility index (Phi) is 3.75. The van der Waals surface area contributed by atoms with Gasteiger partial charge in [0.2, 0.25) is 0 Å². The van der Waals surface area contributed by atoms with Crippen molar-refractivity contribution in [3.8, 4) is 5.75 Å². The second-order valence-electron chi connectivity index (χ2n) is 5.59. The Hall–Kier alpha value is -2.50. The molecule has 0 saturated heterocycles. The van der Waals surface area contributed by atoms with Crippen molar-refractivity contribution in [1.82, 2.24) is 10.3 Å². The third-order valence-electron chi connectivity index (χ3n) is 4.22. The number of carbonyl (C=O) groups is 2. The van der Waals surface area contributed by atoms with Crippen molar-refractivity contribution in [2.24, 2.45) is 5.92 Å². The van der Waals surface area contributed by atoms with E-state index >= 15 is 0 Å². The highest BCUT2D eigenvalue weighted by Crippen LogP contribution is 2.26. The van der Waals surface area contributed by atoms with Crippen LogP contribution in [0, 0.1) is 5.92 Å². The van der Waals surface area contributed by atoms with Gasteiger partial charge in [-0.25, -0.2) is 0 Å². The minimum absolute atomic E-state index is 0.270. The summed E-state index contributed by atoms with van der Waals surface area (Å²) in [6, 6.07) is 6.96. The summed E-state index contributed by atoms with van der Waals surface area (Å²) in [5, 5.41) is 12.9. The van der Waals surface area contributed by atoms with Gasteiger partial charge < -0.3 is 20.1 Å². The molecular weight excluding hydrogens is 284 g/mol. The van der Waals surface area contributed by atoms with Crippen LogP contribution >= 0.6 is 0 Å². The summed E-state index contributed by atoms with van der Waals surface area (Å²) >= 11 is 0. The predicted octanol–water partition coefficient (Wildman–Crippen LogP) is 2.16. The van der Waals surface area contributed by atoms with Crippen molar-refractivity contribution in [3.05, 3.63) is 30.0 Å². The number of H-pyrrole nitrogens is 1. The highest BCUT2D eigenvalue weighted by atomic mass is 16.5. The van der Waals surface area contributed by atoms with E-state index in [9.17, 15) is 9.59 Å². The Morgan fingerprint density at radius 3 is 2.86 bits per heavy atom. The van der Waals surface area contributed by atoms with Crippen molar-refractivity contribution in [3.63, 3.8) is 0 Å². The summed E-state index contributed by atoms with van der Waals surface area (Å²) in [6.07, 6.45) is 2.15. The molecular formula is C16H18N2O4. The zero-order valence-corrected chi connectivity index (χ0v) is 12.3. The van der Waals surface area contributed by atoms with Gasteiger partial charge in [0.25, 0.3) is 5.91 Å². The lowest BCUT2D eigenvalue weighted by atomic mass is 10.0. The van der Waals surface area contributed by atoms with Crippen LogP contribution in [0.1, 0.15) is 29.8 Å². The zero-order valence-electron chi connectivity index (χ0n) is 12.3. The normalized spacial score (nSPS) is 21.0. The molecule has 0 unspecified atom stereocenters. The second-order valence-corrected chi connectivity index (χ2v) is 5.59. The number of carboxylic acid groups (broad SMARTS) is 1. The number of carbonyl (C=O) groups excluding carboxylic acids is 1. The highest BCUT2D eigenvalue weighted by molar-refractivity contribution is 5.98. The lowest BCUT2D eigenvalue weighted by Crippen LogP contribution is -2.40. The molecule has 0 radical (unpaired) electrons. The number of aromatic nitrogens is 1. The molecule has 1 fully saturated rings. The molecule has 0 bridgehead atoms. The molecule has 22 heavy (non-hydrogen) atoms. The number of benzene rings is 1. The van der Waals surface area contributed by atoms with Crippen molar-refractivity contribution >= 4 is 22.8 Å². The lowest BCUT2D eigenvalue weighted by molar-refractivity contribution is -0.142. The van der Waals surface area contributed by atoms with Gasteiger partial charge in [-0.15, -0.1) is 0 Å². The van der Waals surface area contributed by atoms with Gasteiger partial charge in [0.05, 0.1) is 13.0 Å². The predicted molar refractivity (Wildman–Crippen MR) is 81.1 cm³/mol. The first kappa shape index (κ1) is 14.4. The SMILES string of the molecule is COc1ccc2[nH]c(C(=O)N[C@@H]3CCC[C@@H]3C(=O)O)cc2c1. The van der Waals surface area contributed by atoms with E-state index in [0.717, 1.165) is 23.1 Å². The first-order valence-electron chi connectivity index (χ1n) is 7.29. The standard InChI is InChI=1S/C16H18N2O4/c1-22-10-5-6-12-9(7-10)8-14(17-12)15(19)18-13-4-2-3-11(13)16(20)21/h5-8,11,13,17H,2-4H2,1H3,(H,18,19)(H,20,21)/t11-,13+/m0/s1. The quantitative estimate of drug-likeness (QED) is 0.807. The zero-order chi connectivity index (χ0) is 15.7. The van der Waals surface area contributed by atoms with Gasteiger partial charge in [-0.2, -0.15) is 0 Å². The molecule has 0 spiro atoms. The van der Waals surface area contributed by atoms with Gasteiger partial charge in [0.1, 0.15) is 11.4 Å². The number of aliphatic carboxylic acids is 1. The van der Waals surface area contributed by atoms with E-state index in [2.05, 4.69) is 10.3 Å². The summed E-state index contributed by atoms with van der Waals surface area (Å²) in [5.41, 5.74) is 1.27. The monoisotopic (exact) mass is 302 g/mol. The maximum absolute atomic E-state index is 12.3. The van der Waals surface area contributed by atoms with E-state index in [-0.39, 0.29) is 11.9 Å². The smallest absolute Gasteiger partial charge is 0.308 e. The van der Waals surface area contributed by atoms with Crippen LogP contribution in [0.15, 0.2) is 24.3 Å². The van der Waals surface area contributed by atoms with E-state index < -0.39 is 11.9 Å². The maximum atomic E-state index is 12.3. The molecule has 3 rings (SSSR count). The van der Waals surface area contributed by atoms with Gasteiger partial charge >= 0.3 is 5.97 Å². The Labute approximate surface area is 127 Å². The van der Waals surface area contributed by atoms with E-state index in [4.69, 9.17) is 9.84 Å². The molecule has 6 heteroatoms. The third-order valence-corrected chi connectivity index (χ3v) is 4.22. The Balaban J connectivity index is 1.78. The summed E-state index contributed by atoms with van der Waals surface area (Å²) in [7, 11) is 1.59. The number of hydrogen-bond acceptors (Lipinski definition) is 3. The van der Waals surface area contributed by atoms with Gasteiger partial charge in [0, 0.05) is 16.9 Å². The molecule has 0 aliphatic heterocycles. The van der Waals surface area contributed by atoms with Gasteiger partial charge in [-0.3, -0.25) is 9.59 Å². The van der Waals surface area contributed by atoms with E-state index in [1.54, 1.807) is 13.2 Å². The fourth-order valence-electron chi connectivity index (χ4n) is 3.03. The number of carboxylic acids is 1. The van der Waals surface area contributed by atoms with Crippen molar-refractivity contribution in [1.29, 1.82) is 0 Å². The maximum Gasteiger partial charge on any atom is 0.308 e. The molecule has 6 nitrogen and oxygen atoms in total. The van der Waals surface area contributed by atoms with Crippen molar-refractivity contribution in [2.75, 3.05) is 7.11 Å². The number of fused-ring (bicyclic) bond motifs is 1. The molecule has 1 heterocycles. The minimum Gasteiger partial charge on any atom is -0.497 e. The molecule has 1 aromatic heterocycles. The Morgan fingerprint density at radius 2 is 2.14 bits per heavy atom. The van der Waals surface area contributed by atoms with E-state index in [0.29, 0.717) is 18.5 Å². The number of aromatic amines is 1. The number of methoxy groups -OCH3 is 1. The fourth-order valence-corrected chi connectivity index (χ4v) is 3.03.